The molecule has 9 heteroatoms. The van der Waals surface area contributed by atoms with Gasteiger partial charge in [0.15, 0.2) is 0 Å². The molecule has 1 rings (SSSR count). The Morgan fingerprint density at radius 2 is 2.21 bits per heavy atom. The zero-order valence-corrected chi connectivity index (χ0v) is 11.2. The average Bonchev–Trinajstić information content (AvgIpc) is 2.30. The van der Waals surface area contributed by atoms with Crippen LogP contribution in [0.3, 0.4) is 0 Å². The van der Waals surface area contributed by atoms with Gasteiger partial charge < -0.3 is 16.2 Å². The van der Waals surface area contributed by atoms with E-state index in [2.05, 4.69) is 15.0 Å². The molecule has 5 N–H and O–H groups in total. The van der Waals surface area contributed by atoms with Crippen LogP contribution in [0.5, 0.6) is 0 Å². The van der Waals surface area contributed by atoms with Crippen LogP contribution in [0.1, 0.15) is 17.3 Å². The zero-order chi connectivity index (χ0) is 14.5. The van der Waals surface area contributed by atoms with Crippen molar-refractivity contribution in [1.82, 2.24) is 9.71 Å². The first-order chi connectivity index (χ1) is 8.85. The zero-order valence-electron chi connectivity index (χ0n) is 10.4. The maximum Gasteiger partial charge on any atom is 0.337 e. The third-order valence-electron chi connectivity index (χ3n) is 2.21. The van der Waals surface area contributed by atoms with E-state index in [-0.39, 0.29) is 29.4 Å². The number of pyridine rings is 1. The van der Waals surface area contributed by atoms with Crippen LogP contribution in [0.4, 0.5) is 11.5 Å². The number of nitrogen functional groups attached to an aromatic ring is 1. The number of carboxylic acids is 1. The Kier molecular flexibility index (Phi) is 5.07. The van der Waals surface area contributed by atoms with E-state index in [1.165, 1.54) is 12.3 Å². The van der Waals surface area contributed by atoms with Crippen molar-refractivity contribution in [2.45, 2.75) is 6.92 Å². The lowest BCUT2D eigenvalue weighted by molar-refractivity contribution is 0.0698. The summed E-state index contributed by atoms with van der Waals surface area (Å²) >= 11 is 0. The van der Waals surface area contributed by atoms with E-state index >= 15 is 0 Å². The van der Waals surface area contributed by atoms with E-state index in [0.29, 0.717) is 6.54 Å². The molecule has 0 aromatic carbocycles. The predicted octanol–water partition coefficient (Wildman–Crippen LogP) is -0.287. The summed E-state index contributed by atoms with van der Waals surface area (Å²) in [6, 6.07) is 1.26. The summed E-state index contributed by atoms with van der Waals surface area (Å²) in [5, 5.41) is 11.6. The number of nitrogens with one attached hydrogen (secondary N) is 2. The molecule has 1 aromatic heterocycles. The van der Waals surface area contributed by atoms with Crippen LogP contribution in [0, 0.1) is 0 Å². The average molecular weight is 288 g/mol. The van der Waals surface area contributed by atoms with Gasteiger partial charge in [-0.2, -0.15) is 0 Å². The molecule has 0 aliphatic carbocycles. The predicted molar refractivity (Wildman–Crippen MR) is 71.6 cm³/mol. The Morgan fingerprint density at radius 3 is 2.79 bits per heavy atom. The molecule has 0 bridgehead atoms. The molecule has 0 spiro atoms. The molecule has 0 amide bonds. The molecular weight excluding hydrogens is 272 g/mol. The largest absolute Gasteiger partial charge is 0.478 e. The third kappa shape index (κ3) is 4.72. The monoisotopic (exact) mass is 288 g/mol. The van der Waals surface area contributed by atoms with Crippen LogP contribution < -0.4 is 15.8 Å². The molecule has 0 radical (unpaired) electrons. The number of rotatable bonds is 7. The fourth-order valence-corrected chi connectivity index (χ4v) is 2.31. The topological polar surface area (TPSA) is 134 Å². The number of anilines is 2. The van der Waals surface area contributed by atoms with Gasteiger partial charge in [-0.05, 0) is 6.07 Å². The maximum atomic E-state index is 11.4. The van der Waals surface area contributed by atoms with Crippen LogP contribution in [-0.4, -0.2) is 43.3 Å². The molecule has 8 nitrogen and oxygen atoms in total. The van der Waals surface area contributed by atoms with Crippen molar-refractivity contribution < 1.29 is 18.3 Å². The number of aromatic nitrogens is 1. The van der Waals surface area contributed by atoms with E-state index in [1.807, 2.05) is 0 Å². The molecule has 19 heavy (non-hydrogen) atoms. The van der Waals surface area contributed by atoms with Crippen molar-refractivity contribution in [3.05, 3.63) is 17.8 Å². The molecule has 0 atom stereocenters. The lowest BCUT2D eigenvalue weighted by Crippen LogP contribution is -2.29. The normalized spacial score (nSPS) is 11.2. The minimum atomic E-state index is -3.32. The molecule has 0 fully saturated rings. The van der Waals surface area contributed by atoms with Crippen molar-refractivity contribution in [1.29, 1.82) is 0 Å². The van der Waals surface area contributed by atoms with Gasteiger partial charge in [-0.15, -0.1) is 0 Å². The lowest BCUT2D eigenvalue weighted by atomic mass is 10.2. The molecule has 1 aromatic rings. The molecule has 1 heterocycles. The minimum absolute atomic E-state index is 0.0540. The highest BCUT2D eigenvalue weighted by atomic mass is 32.2. The van der Waals surface area contributed by atoms with E-state index in [4.69, 9.17) is 10.8 Å². The second kappa shape index (κ2) is 6.34. The van der Waals surface area contributed by atoms with Crippen molar-refractivity contribution in [2.24, 2.45) is 0 Å². The number of hydrogen-bond acceptors (Lipinski definition) is 6. The number of hydrogen-bond donors (Lipinski definition) is 4. The summed E-state index contributed by atoms with van der Waals surface area (Å²) in [4.78, 5) is 14.7. The van der Waals surface area contributed by atoms with Crippen molar-refractivity contribution in [3.63, 3.8) is 0 Å². The Labute approximate surface area is 111 Å². The summed E-state index contributed by atoms with van der Waals surface area (Å²) in [6.07, 6.45) is 1.21. The first kappa shape index (κ1) is 15.2. The third-order valence-corrected chi connectivity index (χ3v) is 3.68. The summed E-state index contributed by atoms with van der Waals surface area (Å²) in [5.41, 5.74) is 5.43. The number of carbonyl (C=O) groups is 1. The van der Waals surface area contributed by atoms with Gasteiger partial charge in [-0.1, -0.05) is 6.92 Å². The second-order valence-corrected chi connectivity index (χ2v) is 5.63. The lowest BCUT2D eigenvalue weighted by Gasteiger charge is -2.08. The number of carboxylic acid groups (broad SMARTS) is 1. The molecule has 0 aliphatic rings. The maximum absolute atomic E-state index is 11.4. The van der Waals surface area contributed by atoms with Gasteiger partial charge >= 0.3 is 5.97 Å². The molecular formula is C10H16N4O4S. The van der Waals surface area contributed by atoms with Gasteiger partial charge in [0.2, 0.25) is 10.0 Å². The Balaban J connectivity index is 2.64. The number of nitrogens with zero attached hydrogens (tertiary/aromatic N) is 1. The summed E-state index contributed by atoms with van der Waals surface area (Å²) in [7, 11) is -3.32. The van der Waals surface area contributed by atoms with Gasteiger partial charge in [0.1, 0.15) is 5.82 Å². The van der Waals surface area contributed by atoms with E-state index in [9.17, 15) is 13.2 Å². The number of sulfonamides is 1. The number of nitrogens with two attached hydrogens (primary N) is 1. The van der Waals surface area contributed by atoms with Crippen LogP contribution >= 0.6 is 0 Å². The fourth-order valence-electron chi connectivity index (χ4n) is 1.35. The Bertz CT molecular complexity index is 559. The van der Waals surface area contributed by atoms with Gasteiger partial charge in [-0.25, -0.2) is 22.9 Å². The van der Waals surface area contributed by atoms with E-state index < -0.39 is 16.0 Å². The standard InChI is InChI=1S/C10H16N4O4S/c1-2-14-19(17,18)4-3-12-9-5-7(10(15)16)8(11)6-13-9/h5-6,14H,2-4,11H2,1H3,(H,12,13)(H,15,16). The summed E-state index contributed by atoms with van der Waals surface area (Å²) in [6.45, 7) is 2.13. The first-order valence-electron chi connectivity index (χ1n) is 5.55. The van der Waals surface area contributed by atoms with Gasteiger partial charge in [-0.3, -0.25) is 0 Å². The van der Waals surface area contributed by atoms with Crippen LogP contribution in [0.15, 0.2) is 12.3 Å². The van der Waals surface area contributed by atoms with Gasteiger partial charge in [0.25, 0.3) is 0 Å². The van der Waals surface area contributed by atoms with Gasteiger partial charge in [0, 0.05) is 13.1 Å². The van der Waals surface area contributed by atoms with Crippen molar-refractivity contribution in [2.75, 3.05) is 29.9 Å². The molecule has 0 saturated heterocycles. The van der Waals surface area contributed by atoms with Crippen molar-refractivity contribution >= 4 is 27.5 Å². The van der Waals surface area contributed by atoms with E-state index in [0.717, 1.165) is 0 Å². The van der Waals surface area contributed by atoms with Gasteiger partial charge in [0.05, 0.1) is 23.2 Å². The quantitative estimate of drug-likeness (QED) is 0.541. The number of aromatic carboxylic acids is 1. The second-order valence-electron chi connectivity index (χ2n) is 3.71. The molecule has 0 aliphatic heterocycles. The van der Waals surface area contributed by atoms with Crippen LogP contribution in [-0.2, 0) is 10.0 Å². The highest BCUT2D eigenvalue weighted by Crippen LogP contribution is 2.14. The van der Waals surface area contributed by atoms with Crippen molar-refractivity contribution in [3.8, 4) is 0 Å². The molecule has 0 saturated carbocycles. The summed E-state index contributed by atoms with van der Waals surface area (Å²) < 4.78 is 25.1. The SMILES string of the molecule is CCNS(=O)(=O)CCNc1cc(C(=O)O)c(N)cn1. The highest BCUT2D eigenvalue weighted by Gasteiger charge is 2.11. The molecule has 0 unspecified atom stereocenters. The molecule has 106 valence electrons. The smallest absolute Gasteiger partial charge is 0.337 e. The fraction of sp³-hybridized carbons (Fsp3) is 0.400. The van der Waals surface area contributed by atoms with Crippen LogP contribution in [0.25, 0.3) is 0 Å². The Morgan fingerprint density at radius 1 is 1.53 bits per heavy atom. The minimum Gasteiger partial charge on any atom is -0.478 e. The first-order valence-corrected chi connectivity index (χ1v) is 7.21. The summed E-state index contributed by atoms with van der Waals surface area (Å²) in [5.74, 6) is -1.03. The van der Waals surface area contributed by atoms with Crippen LogP contribution in [0.2, 0.25) is 0 Å². The Hall–Kier alpha value is -1.87. The highest BCUT2D eigenvalue weighted by molar-refractivity contribution is 7.89. The van der Waals surface area contributed by atoms with E-state index in [1.54, 1.807) is 6.92 Å².